The summed E-state index contributed by atoms with van der Waals surface area (Å²) in [4.78, 5) is 24.3. The molecule has 1 aliphatic carbocycles. The number of carbonyl (C=O) groups excluding carboxylic acids is 1. The maximum Gasteiger partial charge on any atom is 0.323 e. The molecule has 0 spiro atoms. The Morgan fingerprint density at radius 2 is 1.95 bits per heavy atom. The molecule has 0 saturated heterocycles. The Kier molecular flexibility index (Phi) is 4.89. The fourth-order valence-electron chi connectivity index (χ4n) is 2.04. The van der Waals surface area contributed by atoms with Crippen LogP contribution >= 0.6 is 23.2 Å². The maximum atomic E-state index is 12.1. The summed E-state index contributed by atoms with van der Waals surface area (Å²) in [7, 11) is 0. The quantitative estimate of drug-likeness (QED) is 0.878. The molecule has 1 amide bonds. The zero-order valence-corrected chi connectivity index (χ0v) is 12.3. The molecule has 0 aromatic heterocycles. The molecule has 20 heavy (non-hydrogen) atoms. The molecule has 4 nitrogen and oxygen atoms in total. The van der Waals surface area contributed by atoms with E-state index < -0.39 is 5.97 Å². The van der Waals surface area contributed by atoms with Crippen molar-refractivity contribution in [3.63, 3.8) is 0 Å². The van der Waals surface area contributed by atoms with Crippen molar-refractivity contribution in [3.05, 3.63) is 33.8 Å². The van der Waals surface area contributed by atoms with Crippen LogP contribution in [0.5, 0.6) is 0 Å². The smallest absolute Gasteiger partial charge is 0.323 e. The van der Waals surface area contributed by atoms with Crippen molar-refractivity contribution in [2.45, 2.75) is 31.7 Å². The third-order valence-electron chi connectivity index (χ3n) is 3.23. The van der Waals surface area contributed by atoms with Crippen LogP contribution in [-0.4, -0.2) is 34.5 Å². The molecule has 1 aromatic rings. The zero-order chi connectivity index (χ0) is 14.7. The average molecular weight is 316 g/mol. The Balaban J connectivity index is 1.92. The standard InChI is InChI=1S/C14H15Cl2NO3/c15-11-5-1-9(7-12(11)16)2-6-13(18)17(8-14(19)20)10-3-4-10/h1,5,7,10H,2-4,6,8H2,(H,19,20). The van der Waals surface area contributed by atoms with E-state index in [1.807, 2.05) is 6.07 Å². The van der Waals surface area contributed by atoms with E-state index in [0.29, 0.717) is 16.5 Å². The van der Waals surface area contributed by atoms with Gasteiger partial charge in [0, 0.05) is 12.5 Å². The van der Waals surface area contributed by atoms with Crippen LogP contribution in [0.3, 0.4) is 0 Å². The van der Waals surface area contributed by atoms with Gasteiger partial charge in [0.25, 0.3) is 0 Å². The highest BCUT2D eigenvalue weighted by Crippen LogP contribution is 2.28. The van der Waals surface area contributed by atoms with Crippen molar-refractivity contribution in [1.29, 1.82) is 0 Å². The molecule has 0 aliphatic heterocycles. The summed E-state index contributed by atoms with van der Waals surface area (Å²) >= 11 is 11.7. The number of hydrogen-bond acceptors (Lipinski definition) is 2. The van der Waals surface area contributed by atoms with E-state index in [1.54, 1.807) is 12.1 Å². The van der Waals surface area contributed by atoms with Crippen molar-refractivity contribution >= 4 is 35.1 Å². The largest absolute Gasteiger partial charge is 0.480 e. The lowest BCUT2D eigenvalue weighted by Gasteiger charge is -2.20. The lowest BCUT2D eigenvalue weighted by molar-refractivity contribution is -0.144. The first-order chi connectivity index (χ1) is 9.47. The Morgan fingerprint density at radius 1 is 1.25 bits per heavy atom. The summed E-state index contributed by atoms with van der Waals surface area (Å²) < 4.78 is 0. The van der Waals surface area contributed by atoms with E-state index in [4.69, 9.17) is 28.3 Å². The minimum absolute atomic E-state index is 0.104. The summed E-state index contributed by atoms with van der Waals surface area (Å²) in [5.41, 5.74) is 0.916. The Labute approximate surface area is 127 Å². The summed E-state index contributed by atoms with van der Waals surface area (Å²) in [5.74, 6) is -1.10. The van der Waals surface area contributed by atoms with Gasteiger partial charge < -0.3 is 10.0 Å². The monoisotopic (exact) mass is 315 g/mol. The van der Waals surface area contributed by atoms with Crippen LogP contribution in [-0.2, 0) is 16.0 Å². The van der Waals surface area contributed by atoms with Gasteiger partial charge in [-0.15, -0.1) is 0 Å². The highest BCUT2D eigenvalue weighted by molar-refractivity contribution is 6.42. The van der Waals surface area contributed by atoms with Crippen LogP contribution in [0.25, 0.3) is 0 Å². The first-order valence-corrected chi connectivity index (χ1v) is 7.18. The SMILES string of the molecule is O=C(O)CN(C(=O)CCc1ccc(Cl)c(Cl)c1)C1CC1. The highest BCUT2D eigenvalue weighted by Gasteiger charge is 2.33. The average Bonchev–Trinajstić information content (AvgIpc) is 3.21. The number of carbonyl (C=O) groups is 2. The van der Waals surface area contributed by atoms with E-state index in [0.717, 1.165) is 18.4 Å². The number of benzene rings is 1. The highest BCUT2D eigenvalue weighted by atomic mass is 35.5. The number of carboxylic acid groups (broad SMARTS) is 1. The summed E-state index contributed by atoms with van der Waals surface area (Å²) in [6.07, 6.45) is 2.60. The van der Waals surface area contributed by atoms with E-state index in [-0.39, 0.29) is 24.9 Å². The predicted molar refractivity (Wildman–Crippen MR) is 77.2 cm³/mol. The number of aliphatic carboxylic acids is 1. The first kappa shape index (κ1) is 15.1. The second-order valence-corrected chi connectivity index (χ2v) is 5.71. The van der Waals surface area contributed by atoms with Crippen molar-refractivity contribution in [1.82, 2.24) is 4.90 Å². The van der Waals surface area contributed by atoms with Crippen LogP contribution in [0, 0.1) is 0 Å². The molecule has 1 aromatic carbocycles. The zero-order valence-electron chi connectivity index (χ0n) is 10.8. The fourth-order valence-corrected chi connectivity index (χ4v) is 2.36. The second-order valence-electron chi connectivity index (χ2n) is 4.90. The Morgan fingerprint density at radius 3 is 2.50 bits per heavy atom. The fraction of sp³-hybridized carbons (Fsp3) is 0.429. The number of rotatable bonds is 6. The lowest BCUT2D eigenvalue weighted by atomic mass is 10.1. The number of amides is 1. The molecule has 0 bridgehead atoms. The first-order valence-electron chi connectivity index (χ1n) is 6.42. The Bertz CT molecular complexity index is 529. The van der Waals surface area contributed by atoms with Crippen molar-refractivity contribution in [2.75, 3.05) is 6.54 Å². The van der Waals surface area contributed by atoms with Crippen molar-refractivity contribution in [3.8, 4) is 0 Å². The van der Waals surface area contributed by atoms with Crippen molar-refractivity contribution < 1.29 is 14.7 Å². The van der Waals surface area contributed by atoms with Gasteiger partial charge >= 0.3 is 5.97 Å². The van der Waals surface area contributed by atoms with Crippen LogP contribution in [0.1, 0.15) is 24.8 Å². The molecule has 2 rings (SSSR count). The number of halogens is 2. The minimum Gasteiger partial charge on any atom is -0.480 e. The predicted octanol–water partition coefficient (Wildman–Crippen LogP) is 3.00. The van der Waals surface area contributed by atoms with Gasteiger partial charge in [0.1, 0.15) is 6.54 Å². The molecular weight excluding hydrogens is 301 g/mol. The van der Waals surface area contributed by atoms with E-state index in [9.17, 15) is 9.59 Å². The molecule has 0 unspecified atom stereocenters. The maximum absolute atomic E-state index is 12.1. The van der Waals surface area contributed by atoms with Crippen molar-refractivity contribution in [2.24, 2.45) is 0 Å². The van der Waals surface area contributed by atoms with E-state index >= 15 is 0 Å². The van der Waals surface area contributed by atoms with Gasteiger partial charge in [-0.05, 0) is 37.0 Å². The number of carboxylic acids is 1. The summed E-state index contributed by atoms with van der Waals surface area (Å²) in [5, 5.41) is 9.77. The van der Waals surface area contributed by atoms with Crippen LogP contribution in [0.4, 0.5) is 0 Å². The minimum atomic E-state index is -0.972. The lowest BCUT2D eigenvalue weighted by Crippen LogP contribution is -2.37. The molecule has 1 aliphatic rings. The number of hydrogen-bond donors (Lipinski definition) is 1. The molecular formula is C14H15Cl2NO3. The molecule has 0 heterocycles. The van der Waals surface area contributed by atoms with Gasteiger partial charge in [0.05, 0.1) is 10.0 Å². The van der Waals surface area contributed by atoms with E-state index in [1.165, 1.54) is 4.90 Å². The van der Waals surface area contributed by atoms with Gasteiger partial charge in [0.2, 0.25) is 5.91 Å². The van der Waals surface area contributed by atoms with Gasteiger partial charge in [-0.2, -0.15) is 0 Å². The van der Waals surface area contributed by atoms with Crippen LogP contribution in [0.15, 0.2) is 18.2 Å². The van der Waals surface area contributed by atoms with E-state index in [2.05, 4.69) is 0 Å². The molecule has 0 atom stereocenters. The summed E-state index contributed by atoms with van der Waals surface area (Å²) in [6, 6.07) is 5.35. The second kappa shape index (κ2) is 6.46. The van der Waals surface area contributed by atoms with Gasteiger partial charge in [-0.3, -0.25) is 9.59 Å². The number of aryl methyl sites for hydroxylation is 1. The normalized spacial score (nSPS) is 14.1. The molecule has 108 valence electrons. The van der Waals surface area contributed by atoms with Gasteiger partial charge in [-0.1, -0.05) is 29.3 Å². The third-order valence-corrected chi connectivity index (χ3v) is 3.96. The topological polar surface area (TPSA) is 57.6 Å². The van der Waals surface area contributed by atoms with Gasteiger partial charge in [0.15, 0.2) is 0 Å². The molecule has 1 fully saturated rings. The molecule has 1 saturated carbocycles. The van der Waals surface area contributed by atoms with Gasteiger partial charge in [-0.25, -0.2) is 0 Å². The molecule has 1 N–H and O–H groups in total. The molecule has 6 heteroatoms. The summed E-state index contributed by atoms with van der Waals surface area (Å²) in [6.45, 7) is -0.217. The number of nitrogens with zero attached hydrogens (tertiary/aromatic N) is 1. The molecule has 0 radical (unpaired) electrons. The van der Waals surface area contributed by atoms with Crippen LogP contribution in [0.2, 0.25) is 10.0 Å². The Hall–Kier alpha value is -1.26. The van der Waals surface area contributed by atoms with Crippen LogP contribution < -0.4 is 0 Å². The third kappa shape index (κ3) is 4.12.